The van der Waals surface area contributed by atoms with Gasteiger partial charge in [-0.05, 0) is 19.1 Å². The Labute approximate surface area is 73.0 Å². The van der Waals surface area contributed by atoms with Crippen LogP contribution in [-0.2, 0) is 0 Å². The highest BCUT2D eigenvalue weighted by Crippen LogP contribution is 2.26. The molecule has 3 heteroatoms. The lowest BCUT2D eigenvalue weighted by atomic mass is 10.1. The normalized spacial score (nSPS) is 13.6. The van der Waals surface area contributed by atoms with Gasteiger partial charge < -0.3 is 10.6 Å². The molecule has 0 spiro atoms. The molecule has 2 nitrogen and oxygen atoms in total. The van der Waals surface area contributed by atoms with Crippen LogP contribution in [0, 0.1) is 0 Å². The van der Waals surface area contributed by atoms with Crippen molar-refractivity contribution in [1.82, 2.24) is 10.6 Å². The van der Waals surface area contributed by atoms with Gasteiger partial charge in [0.2, 0.25) is 0 Å². The van der Waals surface area contributed by atoms with Gasteiger partial charge in [-0.2, -0.15) is 0 Å². The van der Waals surface area contributed by atoms with Gasteiger partial charge in [-0.3, -0.25) is 0 Å². The molecule has 0 aliphatic rings. The molecule has 0 radical (unpaired) electrons. The molecule has 0 rings (SSSR count). The highest BCUT2D eigenvalue weighted by molar-refractivity contribution is 6.39. The van der Waals surface area contributed by atoms with E-state index in [4.69, 9.17) is 0 Å². The zero-order chi connectivity index (χ0) is 8.91. The molecule has 0 aromatic heterocycles. The van der Waals surface area contributed by atoms with Crippen LogP contribution < -0.4 is 10.6 Å². The van der Waals surface area contributed by atoms with E-state index < -0.39 is 0 Å². The van der Waals surface area contributed by atoms with E-state index in [0.717, 1.165) is 0 Å². The molecule has 11 heavy (non-hydrogen) atoms. The molecule has 0 aliphatic carbocycles. The second-order valence-corrected chi connectivity index (χ2v) is 7.07. The average Bonchev–Trinajstić information content (AvgIpc) is 1.89. The molecule has 0 amide bonds. The Morgan fingerprint density at radius 3 is 2.00 bits per heavy atom. The van der Waals surface area contributed by atoms with Gasteiger partial charge in [0, 0.05) is 9.52 Å². The van der Waals surface area contributed by atoms with Crippen LogP contribution in [0.3, 0.4) is 0 Å². The Morgan fingerprint density at radius 1 is 1.27 bits per heavy atom. The summed E-state index contributed by atoms with van der Waals surface area (Å²) in [6.45, 7) is 6.98. The molecular weight excluding hydrogens is 152 g/mol. The van der Waals surface area contributed by atoms with E-state index >= 15 is 0 Å². The van der Waals surface area contributed by atoms with Crippen molar-refractivity contribution in [2.24, 2.45) is 0 Å². The minimum Gasteiger partial charge on any atom is -0.305 e. The quantitative estimate of drug-likeness (QED) is 0.470. The minimum absolute atomic E-state index is 0.0552. The molecule has 0 unspecified atom stereocenters. The Kier molecular flexibility index (Phi) is 4.96. The Bertz CT molecular complexity index is 100. The molecule has 0 heterocycles. The summed E-state index contributed by atoms with van der Waals surface area (Å²) in [5, 5.41) is 7.09. The van der Waals surface area contributed by atoms with E-state index in [9.17, 15) is 0 Å². The zero-order valence-electron chi connectivity index (χ0n) is 8.49. The van der Waals surface area contributed by atoms with E-state index in [1.54, 1.807) is 0 Å². The molecule has 0 aromatic carbocycles. The van der Waals surface area contributed by atoms with E-state index in [1.807, 2.05) is 14.1 Å². The summed E-state index contributed by atoms with van der Waals surface area (Å²) in [7, 11) is 4.10. The van der Waals surface area contributed by atoms with Gasteiger partial charge in [-0.25, -0.2) is 0 Å². The lowest BCUT2D eigenvalue weighted by Gasteiger charge is -2.33. The third-order valence-electron chi connectivity index (χ3n) is 2.25. The van der Waals surface area contributed by atoms with Gasteiger partial charge >= 0.3 is 0 Å². The fourth-order valence-corrected chi connectivity index (χ4v) is 3.70. The molecule has 2 N–H and O–H groups in total. The molecule has 68 valence electrons. The monoisotopic (exact) mass is 174 g/mol. The van der Waals surface area contributed by atoms with E-state index in [2.05, 4.69) is 31.4 Å². The van der Waals surface area contributed by atoms with Crippen LogP contribution in [0.1, 0.15) is 20.8 Å². The number of rotatable bonds is 5. The van der Waals surface area contributed by atoms with Crippen molar-refractivity contribution in [3.05, 3.63) is 0 Å². The molecule has 0 atom stereocenters. The smallest absolute Gasteiger partial charge is 0.0588 e. The van der Waals surface area contributed by atoms with Crippen LogP contribution in [0.5, 0.6) is 0 Å². The molecule has 0 aliphatic heterocycles. The van der Waals surface area contributed by atoms with Gasteiger partial charge in [-0.15, -0.1) is 0 Å². The first-order valence-electron chi connectivity index (χ1n) is 4.43. The first-order valence-corrected chi connectivity index (χ1v) is 6.13. The lowest BCUT2D eigenvalue weighted by Crippen LogP contribution is -2.47. The topological polar surface area (TPSA) is 24.1 Å². The number of nitrogens with one attached hydrogen (secondary N) is 2. The highest BCUT2D eigenvalue weighted by Gasteiger charge is 2.25. The lowest BCUT2D eigenvalue weighted by molar-refractivity contribution is 0.391. The standard InChI is InChI=1S/C8H22N2Si/c1-6-11-8(2,3)7(9-4)10-5/h7,9-10H,6,11H2,1-5H3. The molecule has 0 bridgehead atoms. The van der Waals surface area contributed by atoms with Crippen molar-refractivity contribution in [2.45, 2.75) is 38.0 Å². The summed E-state index contributed by atoms with van der Waals surface area (Å²) in [6, 6.07) is 1.38. The molecule has 0 saturated carbocycles. The maximum absolute atomic E-state index is 3.30. The van der Waals surface area contributed by atoms with Crippen molar-refractivity contribution in [2.75, 3.05) is 14.1 Å². The fraction of sp³-hybridized carbons (Fsp3) is 1.00. The van der Waals surface area contributed by atoms with Crippen LogP contribution in [-0.4, -0.2) is 29.8 Å². The van der Waals surface area contributed by atoms with Gasteiger partial charge in [0.15, 0.2) is 0 Å². The Morgan fingerprint density at radius 2 is 1.73 bits per heavy atom. The maximum Gasteiger partial charge on any atom is 0.0588 e. The first kappa shape index (κ1) is 11.1. The van der Waals surface area contributed by atoms with Crippen molar-refractivity contribution in [3.8, 4) is 0 Å². The molecular formula is C8H22N2Si. The van der Waals surface area contributed by atoms with E-state index in [1.165, 1.54) is 6.04 Å². The highest BCUT2D eigenvalue weighted by atomic mass is 28.2. The van der Waals surface area contributed by atoms with Crippen molar-refractivity contribution in [1.29, 1.82) is 0 Å². The first-order chi connectivity index (χ1) is 5.08. The SMILES string of the molecule is CC[SiH2]C(C)(C)C(NC)NC. The van der Waals surface area contributed by atoms with Gasteiger partial charge in [0.25, 0.3) is 0 Å². The second kappa shape index (κ2) is 4.90. The largest absolute Gasteiger partial charge is 0.305 e. The van der Waals surface area contributed by atoms with E-state index in [-0.39, 0.29) is 9.52 Å². The summed E-state index contributed by atoms with van der Waals surface area (Å²) < 4.78 is 0. The predicted octanol–water partition coefficient (Wildman–Crippen LogP) is 0.557. The van der Waals surface area contributed by atoms with Crippen LogP contribution in [0.15, 0.2) is 0 Å². The van der Waals surface area contributed by atoms with Crippen molar-refractivity contribution >= 4 is 9.52 Å². The average molecular weight is 174 g/mol. The third kappa shape index (κ3) is 3.36. The fourth-order valence-electron chi connectivity index (χ4n) is 1.71. The second-order valence-electron chi connectivity index (χ2n) is 3.75. The van der Waals surface area contributed by atoms with Gasteiger partial charge in [-0.1, -0.05) is 26.8 Å². The van der Waals surface area contributed by atoms with Crippen molar-refractivity contribution < 1.29 is 0 Å². The van der Waals surface area contributed by atoms with Gasteiger partial charge in [0.1, 0.15) is 0 Å². The molecule has 0 fully saturated rings. The Balaban J connectivity index is 4.00. The van der Waals surface area contributed by atoms with Crippen LogP contribution in [0.4, 0.5) is 0 Å². The zero-order valence-corrected chi connectivity index (χ0v) is 9.91. The summed E-state index contributed by atoms with van der Waals surface area (Å²) >= 11 is 0. The minimum atomic E-state index is 0.0552. The summed E-state index contributed by atoms with van der Waals surface area (Å²) in [5.74, 6) is 0. The summed E-state index contributed by atoms with van der Waals surface area (Å²) in [6.07, 6.45) is 0.481. The van der Waals surface area contributed by atoms with Crippen LogP contribution in [0.2, 0.25) is 11.1 Å². The maximum atomic E-state index is 3.30. The summed E-state index contributed by atoms with van der Waals surface area (Å²) in [4.78, 5) is 0. The third-order valence-corrected chi connectivity index (χ3v) is 4.45. The Hall–Kier alpha value is 0.137. The summed E-state index contributed by atoms with van der Waals surface area (Å²) in [5.41, 5.74) is 0. The van der Waals surface area contributed by atoms with Gasteiger partial charge in [0.05, 0.1) is 6.17 Å². The predicted molar refractivity (Wildman–Crippen MR) is 55.0 cm³/mol. The van der Waals surface area contributed by atoms with E-state index in [0.29, 0.717) is 11.2 Å². The van der Waals surface area contributed by atoms with Crippen LogP contribution in [0.25, 0.3) is 0 Å². The number of hydrogen-bond acceptors (Lipinski definition) is 2. The van der Waals surface area contributed by atoms with Crippen LogP contribution >= 0.6 is 0 Å². The van der Waals surface area contributed by atoms with Crippen molar-refractivity contribution in [3.63, 3.8) is 0 Å². The number of hydrogen-bond donors (Lipinski definition) is 2. The molecule has 0 aromatic rings. The molecule has 0 saturated heterocycles.